The van der Waals surface area contributed by atoms with Crippen molar-refractivity contribution in [2.24, 2.45) is 0 Å². The first-order chi connectivity index (χ1) is 12.6. The van der Waals surface area contributed by atoms with E-state index in [0.717, 1.165) is 12.1 Å². The van der Waals surface area contributed by atoms with E-state index in [1.165, 1.54) is 6.07 Å². The first-order valence-corrected chi connectivity index (χ1v) is 7.84. The van der Waals surface area contributed by atoms with Gasteiger partial charge in [-0.2, -0.15) is 5.26 Å². The van der Waals surface area contributed by atoms with Gasteiger partial charge >= 0.3 is 0 Å². The summed E-state index contributed by atoms with van der Waals surface area (Å²) in [6, 6.07) is 11.8. The zero-order valence-electron chi connectivity index (χ0n) is 13.4. The molecule has 3 aromatic rings. The van der Waals surface area contributed by atoms with Crippen LogP contribution in [0.2, 0.25) is 0 Å². The number of nitrogens with zero attached hydrogens (tertiary/aromatic N) is 3. The van der Waals surface area contributed by atoms with Crippen LogP contribution in [0.5, 0.6) is 0 Å². The van der Waals surface area contributed by atoms with Gasteiger partial charge in [0.1, 0.15) is 17.9 Å². The number of hydrogen-bond donors (Lipinski definition) is 2. The van der Waals surface area contributed by atoms with Gasteiger partial charge in [0, 0.05) is 0 Å². The molecule has 4 rings (SSSR count). The number of aromatic nitrogens is 2. The highest BCUT2D eigenvalue weighted by atomic mass is 19.1. The van der Waals surface area contributed by atoms with Gasteiger partial charge in [-0.25, -0.2) is 9.37 Å². The average Bonchev–Trinajstić information content (AvgIpc) is 3.00. The molecule has 1 aliphatic heterocycles. The van der Waals surface area contributed by atoms with Crippen LogP contribution in [-0.2, 0) is 9.59 Å². The number of benzene rings is 2. The molecule has 2 heterocycles. The smallest absolute Gasteiger partial charge is 0.248 e. The van der Waals surface area contributed by atoms with Crippen LogP contribution < -0.4 is 10.6 Å². The van der Waals surface area contributed by atoms with Gasteiger partial charge < -0.3 is 5.32 Å². The fraction of sp³-hybridized carbons (Fsp3) is 0.111. The quantitative estimate of drug-likeness (QED) is 0.742. The highest BCUT2D eigenvalue weighted by Crippen LogP contribution is 2.31. The standard InChI is InChI=1S/C18H12FN5O2/c19-11-5-6-12(10(7-11)9-20)21-17(26)15-8-16(25)23-18-22-13-3-1-2-4-14(13)24(15)18/h1-7,15H,8H2,(H,21,26)(H,22,23,25). The Bertz CT molecular complexity index is 1100. The Morgan fingerprint density at radius 3 is 2.96 bits per heavy atom. The summed E-state index contributed by atoms with van der Waals surface area (Å²) in [5, 5.41) is 14.4. The van der Waals surface area contributed by atoms with Crippen molar-refractivity contribution in [3.05, 3.63) is 53.8 Å². The Morgan fingerprint density at radius 1 is 1.35 bits per heavy atom. The number of imidazole rings is 1. The summed E-state index contributed by atoms with van der Waals surface area (Å²) in [4.78, 5) is 29.2. The van der Waals surface area contributed by atoms with E-state index >= 15 is 0 Å². The van der Waals surface area contributed by atoms with E-state index in [2.05, 4.69) is 15.6 Å². The van der Waals surface area contributed by atoms with Gasteiger partial charge in [-0.05, 0) is 30.3 Å². The molecule has 0 radical (unpaired) electrons. The van der Waals surface area contributed by atoms with Gasteiger partial charge in [0.05, 0.1) is 28.7 Å². The second-order valence-electron chi connectivity index (χ2n) is 5.85. The van der Waals surface area contributed by atoms with Crippen molar-refractivity contribution in [1.82, 2.24) is 9.55 Å². The fourth-order valence-electron chi connectivity index (χ4n) is 3.03. The van der Waals surface area contributed by atoms with Crippen LogP contribution in [0.25, 0.3) is 11.0 Å². The van der Waals surface area contributed by atoms with Crippen LogP contribution in [0.3, 0.4) is 0 Å². The van der Waals surface area contributed by atoms with Crippen molar-refractivity contribution in [3.8, 4) is 6.07 Å². The van der Waals surface area contributed by atoms with E-state index in [0.29, 0.717) is 17.0 Å². The number of nitriles is 1. The highest BCUT2D eigenvalue weighted by Gasteiger charge is 2.33. The molecule has 2 aromatic carbocycles. The molecular weight excluding hydrogens is 337 g/mol. The summed E-state index contributed by atoms with van der Waals surface area (Å²) in [5.41, 5.74) is 1.56. The predicted octanol–water partition coefficient (Wildman–Crippen LogP) is 2.57. The molecule has 0 bridgehead atoms. The Labute approximate surface area is 147 Å². The fourth-order valence-corrected chi connectivity index (χ4v) is 3.03. The van der Waals surface area contributed by atoms with Crippen molar-refractivity contribution < 1.29 is 14.0 Å². The maximum absolute atomic E-state index is 13.3. The maximum Gasteiger partial charge on any atom is 0.248 e. The number of hydrogen-bond acceptors (Lipinski definition) is 4. The van der Waals surface area contributed by atoms with Gasteiger partial charge in [-0.3, -0.25) is 19.5 Å². The molecule has 2 amide bonds. The molecule has 7 nitrogen and oxygen atoms in total. The largest absolute Gasteiger partial charge is 0.323 e. The number of carbonyl (C=O) groups is 2. The molecule has 2 N–H and O–H groups in total. The van der Waals surface area contributed by atoms with E-state index in [1.807, 2.05) is 24.3 Å². The average molecular weight is 349 g/mol. The number of carbonyl (C=O) groups excluding carboxylic acids is 2. The van der Waals surface area contributed by atoms with E-state index in [9.17, 15) is 14.0 Å². The lowest BCUT2D eigenvalue weighted by atomic mass is 10.1. The van der Waals surface area contributed by atoms with Crippen molar-refractivity contribution >= 4 is 34.5 Å². The van der Waals surface area contributed by atoms with E-state index < -0.39 is 17.8 Å². The topological polar surface area (TPSA) is 99.8 Å². The Kier molecular flexibility index (Phi) is 3.62. The third kappa shape index (κ3) is 2.56. The number of amides is 2. The summed E-state index contributed by atoms with van der Waals surface area (Å²) in [5.74, 6) is -1.08. The van der Waals surface area contributed by atoms with Crippen molar-refractivity contribution in [2.75, 3.05) is 10.6 Å². The van der Waals surface area contributed by atoms with E-state index in [1.54, 1.807) is 10.6 Å². The number of halogens is 1. The molecule has 0 spiro atoms. The lowest BCUT2D eigenvalue weighted by Gasteiger charge is -2.25. The molecule has 1 unspecified atom stereocenters. The molecule has 0 saturated heterocycles. The van der Waals surface area contributed by atoms with E-state index in [4.69, 9.17) is 5.26 Å². The molecule has 0 saturated carbocycles. The van der Waals surface area contributed by atoms with Crippen molar-refractivity contribution in [1.29, 1.82) is 5.26 Å². The normalized spacial score (nSPS) is 15.8. The summed E-state index contributed by atoms with van der Waals surface area (Å²) in [7, 11) is 0. The molecule has 0 fully saturated rings. The first-order valence-electron chi connectivity index (χ1n) is 7.84. The van der Waals surface area contributed by atoms with Crippen molar-refractivity contribution in [3.63, 3.8) is 0 Å². The Hall–Kier alpha value is -3.73. The predicted molar refractivity (Wildman–Crippen MR) is 91.8 cm³/mol. The molecule has 0 aliphatic carbocycles. The first kappa shape index (κ1) is 15.8. The van der Waals surface area contributed by atoms with Crippen LogP contribution in [0, 0.1) is 17.1 Å². The minimum Gasteiger partial charge on any atom is -0.323 e. The van der Waals surface area contributed by atoms with Gasteiger partial charge in [-0.15, -0.1) is 0 Å². The summed E-state index contributed by atoms with van der Waals surface area (Å²) >= 11 is 0. The van der Waals surface area contributed by atoms with Gasteiger partial charge in [0.15, 0.2) is 0 Å². The summed E-state index contributed by atoms with van der Waals surface area (Å²) < 4.78 is 14.9. The second-order valence-corrected chi connectivity index (χ2v) is 5.85. The minimum absolute atomic E-state index is 0.00863. The molecular formula is C18H12FN5O2. The lowest BCUT2D eigenvalue weighted by Crippen LogP contribution is -2.35. The Balaban J connectivity index is 1.74. The molecule has 128 valence electrons. The zero-order chi connectivity index (χ0) is 18.3. The highest BCUT2D eigenvalue weighted by molar-refractivity contribution is 6.03. The van der Waals surface area contributed by atoms with Crippen molar-refractivity contribution in [2.45, 2.75) is 12.5 Å². The minimum atomic E-state index is -0.831. The van der Waals surface area contributed by atoms with Gasteiger partial charge in [0.2, 0.25) is 17.8 Å². The van der Waals surface area contributed by atoms with E-state index in [-0.39, 0.29) is 23.6 Å². The maximum atomic E-state index is 13.3. The molecule has 26 heavy (non-hydrogen) atoms. The summed E-state index contributed by atoms with van der Waals surface area (Å²) in [6.45, 7) is 0. The number of para-hydroxylation sites is 2. The van der Waals surface area contributed by atoms with Gasteiger partial charge in [0.25, 0.3) is 0 Å². The second kappa shape index (κ2) is 5.97. The number of fused-ring (bicyclic) bond motifs is 3. The zero-order valence-corrected chi connectivity index (χ0v) is 13.4. The van der Waals surface area contributed by atoms with Crippen LogP contribution in [-0.4, -0.2) is 21.4 Å². The Morgan fingerprint density at radius 2 is 2.15 bits per heavy atom. The lowest BCUT2D eigenvalue weighted by molar-refractivity contribution is -0.124. The molecule has 1 aromatic heterocycles. The van der Waals surface area contributed by atoms with Crippen LogP contribution in [0.1, 0.15) is 18.0 Å². The molecule has 8 heteroatoms. The third-order valence-corrected chi connectivity index (χ3v) is 4.20. The van der Waals surface area contributed by atoms with Crippen LogP contribution in [0.15, 0.2) is 42.5 Å². The van der Waals surface area contributed by atoms with Crippen LogP contribution in [0.4, 0.5) is 16.0 Å². The van der Waals surface area contributed by atoms with Gasteiger partial charge in [-0.1, -0.05) is 12.1 Å². The molecule has 1 aliphatic rings. The third-order valence-electron chi connectivity index (χ3n) is 4.20. The summed E-state index contributed by atoms with van der Waals surface area (Å²) in [6.07, 6.45) is -0.0672. The SMILES string of the molecule is N#Cc1cc(F)ccc1NC(=O)C1CC(=O)Nc2nc3ccccc3n21. The number of anilines is 2. The molecule has 1 atom stereocenters. The van der Waals surface area contributed by atoms with Crippen LogP contribution >= 0.6 is 0 Å². The number of rotatable bonds is 2. The monoisotopic (exact) mass is 349 g/mol. The number of nitrogens with one attached hydrogen (secondary N) is 2.